The van der Waals surface area contributed by atoms with Gasteiger partial charge in [0.25, 0.3) is 5.91 Å². The Morgan fingerprint density at radius 1 is 0.974 bits per heavy atom. The van der Waals surface area contributed by atoms with Crippen LogP contribution in [0.25, 0.3) is 44.2 Å². The number of rotatable bonds is 5. The van der Waals surface area contributed by atoms with Crippen LogP contribution in [0.1, 0.15) is 16.1 Å². The van der Waals surface area contributed by atoms with E-state index in [0.717, 1.165) is 11.1 Å². The van der Waals surface area contributed by atoms with Gasteiger partial charge in [0.1, 0.15) is 17.5 Å². The second kappa shape index (κ2) is 9.21. The number of carbonyl (C=O) groups excluding carboxylic acids is 1. The Morgan fingerprint density at radius 3 is 2.51 bits per heavy atom. The van der Waals surface area contributed by atoms with Crippen LogP contribution in [0.3, 0.4) is 0 Å². The van der Waals surface area contributed by atoms with Crippen molar-refractivity contribution in [2.24, 2.45) is 12.8 Å². The molecule has 0 bridgehead atoms. The second-order valence-corrected chi connectivity index (χ2v) is 9.13. The maximum Gasteiger partial charge on any atom is 0.254 e. The number of aromatic nitrogens is 4. The molecular weight excluding hydrogens is 497 g/mol. The number of benzene rings is 3. The molecule has 3 N–H and O–H groups in total. The summed E-state index contributed by atoms with van der Waals surface area (Å²) >= 11 is 0. The number of hydrogen-bond acceptors (Lipinski definition) is 5. The largest absolute Gasteiger partial charge is 0.435 e. The fourth-order valence-corrected chi connectivity index (χ4v) is 4.94. The van der Waals surface area contributed by atoms with E-state index in [1.165, 1.54) is 18.5 Å². The van der Waals surface area contributed by atoms with Crippen molar-refractivity contribution in [2.45, 2.75) is 6.92 Å². The first-order valence-corrected chi connectivity index (χ1v) is 12.1. The predicted molar refractivity (Wildman–Crippen MR) is 147 cm³/mol. The Morgan fingerprint density at radius 2 is 1.77 bits per heavy atom. The number of pyridine rings is 1. The van der Waals surface area contributed by atoms with E-state index in [1.54, 1.807) is 42.8 Å². The zero-order chi connectivity index (χ0) is 27.3. The summed E-state index contributed by atoms with van der Waals surface area (Å²) in [6.45, 7) is 1.66. The van der Waals surface area contributed by atoms with Crippen molar-refractivity contribution >= 4 is 27.8 Å². The summed E-state index contributed by atoms with van der Waals surface area (Å²) in [5, 5.41) is 0.906. The number of nitrogens with two attached hydrogens (primary N) is 1. The lowest BCUT2D eigenvalue weighted by Gasteiger charge is -2.15. The molecule has 192 valence electrons. The Bertz CT molecular complexity index is 1980. The molecule has 6 aromatic rings. The number of amides is 1. The normalized spacial score (nSPS) is 11.3. The van der Waals surface area contributed by atoms with E-state index in [9.17, 15) is 9.59 Å². The quantitative estimate of drug-likeness (QED) is 0.313. The van der Waals surface area contributed by atoms with Crippen LogP contribution >= 0.6 is 0 Å². The monoisotopic (exact) mass is 519 g/mol. The standard InChI is InChI=1S/C30H22FN5O3/c1-16-24(28(32)38)27(37)25-19(9-6-10-22(25)36(16)2)18-11-12-23(21(31)13-18)39-30-26-20(17-7-4-3-5-8-17)14-33-29(26)34-15-35-30/h3-15H,1-2H3,(H2,32,38)(H,33,34,35). The van der Waals surface area contributed by atoms with E-state index < -0.39 is 17.2 Å². The number of ether oxygens (including phenoxy) is 1. The summed E-state index contributed by atoms with van der Waals surface area (Å²) in [7, 11) is 1.75. The molecule has 0 unspecified atom stereocenters. The molecule has 0 saturated heterocycles. The summed E-state index contributed by atoms with van der Waals surface area (Å²) in [5.41, 5.74) is 9.23. The van der Waals surface area contributed by atoms with Gasteiger partial charge in [0.05, 0.1) is 16.3 Å². The molecule has 0 atom stereocenters. The highest BCUT2D eigenvalue weighted by molar-refractivity contribution is 6.02. The molecule has 1 amide bonds. The van der Waals surface area contributed by atoms with Gasteiger partial charge in [-0.05, 0) is 41.8 Å². The van der Waals surface area contributed by atoms with E-state index in [-0.39, 0.29) is 22.6 Å². The first-order chi connectivity index (χ1) is 18.8. The Labute approximate surface area is 221 Å². The van der Waals surface area contributed by atoms with E-state index in [2.05, 4.69) is 15.0 Å². The fraction of sp³-hybridized carbons (Fsp3) is 0.0667. The summed E-state index contributed by atoms with van der Waals surface area (Å²) in [6, 6.07) is 19.4. The van der Waals surface area contributed by atoms with E-state index in [1.807, 2.05) is 36.5 Å². The molecule has 3 heterocycles. The summed E-state index contributed by atoms with van der Waals surface area (Å²) in [4.78, 5) is 37.0. The summed E-state index contributed by atoms with van der Waals surface area (Å²) in [5.74, 6) is -1.30. The molecule has 0 saturated carbocycles. The van der Waals surface area contributed by atoms with Crippen molar-refractivity contribution in [2.75, 3.05) is 0 Å². The van der Waals surface area contributed by atoms with Crippen LogP contribution in [0.15, 0.2) is 84.0 Å². The first kappa shape index (κ1) is 24.1. The maximum absolute atomic E-state index is 15.5. The highest BCUT2D eigenvalue weighted by Gasteiger charge is 2.21. The molecule has 3 aromatic heterocycles. The van der Waals surface area contributed by atoms with Gasteiger partial charge in [0, 0.05) is 24.5 Å². The third kappa shape index (κ3) is 3.91. The molecule has 0 spiro atoms. The average molecular weight is 520 g/mol. The number of fused-ring (bicyclic) bond motifs is 2. The zero-order valence-electron chi connectivity index (χ0n) is 21.0. The summed E-state index contributed by atoms with van der Waals surface area (Å²) in [6.07, 6.45) is 3.16. The SMILES string of the molecule is Cc1c(C(N)=O)c(=O)c2c(-c3ccc(Oc4ncnc5[nH]cc(-c6ccccc6)c45)c(F)c3)cccc2n1C. The van der Waals surface area contributed by atoms with Crippen molar-refractivity contribution in [3.05, 3.63) is 107 Å². The average Bonchev–Trinajstić information content (AvgIpc) is 3.38. The van der Waals surface area contributed by atoms with Gasteiger partial charge in [-0.2, -0.15) is 0 Å². The molecule has 9 heteroatoms. The Balaban J connectivity index is 1.45. The van der Waals surface area contributed by atoms with Crippen molar-refractivity contribution in [1.82, 2.24) is 19.5 Å². The van der Waals surface area contributed by atoms with Crippen LogP contribution in [0.4, 0.5) is 4.39 Å². The maximum atomic E-state index is 15.5. The minimum Gasteiger partial charge on any atom is -0.435 e. The number of primary amides is 1. The van der Waals surface area contributed by atoms with E-state index in [0.29, 0.717) is 33.4 Å². The molecule has 6 rings (SSSR count). The van der Waals surface area contributed by atoms with Gasteiger partial charge >= 0.3 is 0 Å². The van der Waals surface area contributed by atoms with Crippen LogP contribution in [0, 0.1) is 12.7 Å². The van der Waals surface area contributed by atoms with Gasteiger partial charge < -0.3 is 20.0 Å². The fourth-order valence-electron chi connectivity index (χ4n) is 4.94. The van der Waals surface area contributed by atoms with E-state index in [4.69, 9.17) is 10.5 Å². The Hall–Kier alpha value is -5.31. The smallest absolute Gasteiger partial charge is 0.254 e. The van der Waals surface area contributed by atoms with Crippen molar-refractivity contribution < 1.29 is 13.9 Å². The number of nitrogens with zero attached hydrogens (tertiary/aromatic N) is 3. The highest BCUT2D eigenvalue weighted by Crippen LogP contribution is 2.37. The topological polar surface area (TPSA) is 116 Å². The number of nitrogens with one attached hydrogen (secondary N) is 1. The van der Waals surface area contributed by atoms with Gasteiger partial charge in [-0.25, -0.2) is 14.4 Å². The molecule has 0 aliphatic rings. The lowest BCUT2D eigenvalue weighted by molar-refractivity contribution is 0.0998. The Kier molecular flexibility index (Phi) is 5.68. The number of hydrogen-bond donors (Lipinski definition) is 2. The van der Waals surface area contributed by atoms with Crippen molar-refractivity contribution in [1.29, 1.82) is 0 Å². The lowest BCUT2D eigenvalue weighted by atomic mass is 9.97. The molecule has 0 fully saturated rings. The van der Waals surface area contributed by atoms with Crippen LogP contribution in [-0.4, -0.2) is 25.4 Å². The lowest BCUT2D eigenvalue weighted by Crippen LogP contribution is -2.26. The molecule has 0 aliphatic heterocycles. The highest BCUT2D eigenvalue weighted by atomic mass is 19.1. The number of halogens is 1. The van der Waals surface area contributed by atoms with Crippen molar-refractivity contribution in [3.8, 4) is 33.9 Å². The van der Waals surface area contributed by atoms with Gasteiger partial charge in [0.15, 0.2) is 11.6 Å². The predicted octanol–water partition coefficient (Wildman–Crippen LogP) is 5.48. The molecule has 8 nitrogen and oxygen atoms in total. The third-order valence-electron chi connectivity index (χ3n) is 6.94. The van der Waals surface area contributed by atoms with Gasteiger partial charge in [-0.1, -0.05) is 48.5 Å². The van der Waals surface area contributed by atoms with Gasteiger partial charge in [-0.3, -0.25) is 9.59 Å². The molecule has 39 heavy (non-hydrogen) atoms. The number of aromatic amines is 1. The third-order valence-corrected chi connectivity index (χ3v) is 6.94. The zero-order valence-corrected chi connectivity index (χ0v) is 21.0. The van der Waals surface area contributed by atoms with Crippen LogP contribution in [-0.2, 0) is 7.05 Å². The minimum atomic E-state index is -0.810. The van der Waals surface area contributed by atoms with Crippen LogP contribution in [0.5, 0.6) is 11.6 Å². The molecule has 0 aliphatic carbocycles. The molecule has 3 aromatic carbocycles. The molecule has 0 radical (unpaired) electrons. The number of aryl methyl sites for hydroxylation is 1. The second-order valence-electron chi connectivity index (χ2n) is 9.13. The van der Waals surface area contributed by atoms with E-state index >= 15 is 4.39 Å². The van der Waals surface area contributed by atoms with Crippen LogP contribution in [0.2, 0.25) is 0 Å². The van der Waals surface area contributed by atoms with Gasteiger partial charge in [-0.15, -0.1) is 0 Å². The minimum absolute atomic E-state index is 0.0410. The number of carbonyl (C=O) groups is 1. The summed E-state index contributed by atoms with van der Waals surface area (Å²) < 4.78 is 23.2. The van der Waals surface area contributed by atoms with Crippen LogP contribution < -0.4 is 15.9 Å². The molecular formula is C30H22FN5O3. The number of H-pyrrole nitrogens is 1. The van der Waals surface area contributed by atoms with Gasteiger partial charge in [0.2, 0.25) is 11.3 Å². The van der Waals surface area contributed by atoms with Crippen molar-refractivity contribution in [3.63, 3.8) is 0 Å². The first-order valence-electron chi connectivity index (χ1n) is 12.1.